The molecule has 1 aliphatic heterocycles. The lowest BCUT2D eigenvalue weighted by Crippen LogP contribution is -2.33. The van der Waals surface area contributed by atoms with Crippen molar-refractivity contribution in [3.8, 4) is 0 Å². The number of nitrogens with one attached hydrogen (secondary N) is 1. The molecule has 1 atom stereocenters. The summed E-state index contributed by atoms with van der Waals surface area (Å²) in [6.45, 7) is 8.91. The second-order valence-electron chi connectivity index (χ2n) is 9.59. The van der Waals surface area contributed by atoms with E-state index in [1.807, 2.05) is 44.5 Å². The van der Waals surface area contributed by atoms with E-state index in [1.54, 1.807) is 10.6 Å². The van der Waals surface area contributed by atoms with Crippen LogP contribution in [0.3, 0.4) is 0 Å². The van der Waals surface area contributed by atoms with Gasteiger partial charge in [0.15, 0.2) is 0 Å². The molecule has 9 nitrogen and oxygen atoms in total. The first-order chi connectivity index (χ1) is 15.7. The summed E-state index contributed by atoms with van der Waals surface area (Å²) in [5.41, 5.74) is 8.27. The largest absolute Gasteiger partial charge is 0.444 e. The molecule has 4 rings (SSSR count). The first kappa shape index (κ1) is 23.1. The van der Waals surface area contributed by atoms with Crippen molar-refractivity contribution in [2.75, 3.05) is 18.9 Å². The Balaban J connectivity index is 1.67. The zero-order valence-electron chi connectivity index (χ0n) is 19.8. The number of ether oxygens (including phenoxy) is 2. The number of carbonyl (C=O) groups is 1. The number of benzene rings is 1. The normalized spacial score (nSPS) is 16.9. The molecule has 3 N–H and O–H groups in total. The molecular weight excluding hydrogens is 422 g/mol. The molecule has 3 aromatic rings. The van der Waals surface area contributed by atoms with Gasteiger partial charge in [-0.05, 0) is 71.6 Å². The Morgan fingerprint density at radius 3 is 2.82 bits per heavy atom. The van der Waals surface area contributed by atoms with E-state index in [0.29, 0.717) is 42.7 Å². The number of aromatic nitrogens is 3. The van der Waals surface area contributed by atoms with E-state index >= 15 is 0 Å². The standard InChI is InChI=1S/C24H33N5O4/c1-15-20-21(27-29(15)19-8-5-6-13-32-19)17-14-16(25)9-10-18(17)28(22(20)30)12-7-11-26-23(31)33-24(2,3)4/h9-10,14,19H,5-8,11-13,25H2,1-4H3,(H,26,31). The lowest BCUT2D eigenvalue weighted by molar-refractivity contribution is -0.0402. The first-order valence-corrected chi connectivity index (χ1v) is 11.5. The van der Waals surface area contributed by atoms with Crippen LogP contribution in [-0.4, -0.2) is 39.2 Å². The summed E-state index contributed by atoms with van der Waals surface area (Å²) in [7, 11) is 0. The molecule has 1 aromatic carbocycles. The number of nitrogens with two attached hydrogens (primary N) is 1. The van der Waals surface area contributed by atoms with E-state index < -0.39 is 11.7 Å². The number of alkyl carbamates (subject to hydrolysis) is 1. The third-order valence-corrected chi connectivity index (χ3v) is 5.83. The highest BCUT2D eigenvalue weighted by Gasteiger charge is 2.24. The van der Waals surface area contributed by atoms with E-state index in [1.165, 1.54) is 0 Å². The maximum Gasteiger partial charge on any atom is 0.407 e. The molecule has 9 heteroatoms. The third kappa shape index (κ3) is 4.83. The number of carbonyl (C=O) groups excluding carboxylic acids is 1. The van der Waals surface area contributed by atoms with Crippen molar-refractivity contribution >= 4 is 33.6 Å². The van der Waals surface area contributed by atoms with Crippen molar-refractivity contribution in [2.45, 2.75) is 71.8 Å². The molecule has 2 aromatic heterocycles. The van der Waals surface area contributed by atoms with Crippen molar-refractivity contribution in [3.05, 3.63) is 34.2 Å². The van der Waals surface area contributed by atoms with E-state index in [0.717, 1.165) is 35.9 Å². The van der Waals surface area contributed by atoms with Crippen LogP contribution in [0.25, 0.3) is 21.8 Å². The molecule has 0 radical (unpaired) electrons. The minimum absolute atomic E-state index is 0.0981. The van der Waals surface area contributed by atoms with Crippen LogP contribution in [0.5, 0.6) is 0 Å². The quantitative estimate of drug-likeness (QED) is 0.446. The van der Waals surface area contributed by atoms with Crippen LogP contribution >= 0.6 is 0 Å². The van der Waals surface area contributed by atoms with Gasteiger partial charge >= 0.3 is 6.09 Å². The Kier molecular flexibility index (Phi) is 6.34. The smallest absolute Gasteiger partial charge is 0.407 e. The Morgan fingerprint density at radius 2 is 2.12 bits per heavy atom. The van der Waals surface area contributed by atoms with Crippen LogP contribution < -0.4 is 16.6 Å². The number of hydrogen-bond acceptors (Lipinski definition) is 6. The SMILES string of the molecule is Cc1c2c(=O)n(CCCNC(=O)OC(C)(C)C)c3ccc(N)cc3c2nn1C1CCCCO1. The molecule has 1 aliphatic rings. The lowest BCUT2D eigenvalue weighted by atomic mass is 10.1. The Hall–Kier alpha value is -3.07. The summed E-state index contributed by atoms with van der Waals surface area (Å²) in [5, 5.41) is 8.98. The predicted molar refractivity (Wildman–Crippen MR) is 128 cm³/mol. The van der Waals surface area contributed by atoms with E-state index in [9.17, 15) is 9.59 Å². The van der Waals surface area contributed by atoms with Crippen LogP contribution in [0.2, 0.25) is 0 Å². The Bertz CT molecular complexity index is 1230. The van der Waals surface area contributed by atoms with Crippen molar-refractivity contribution in [3.63, 3.8) is 0 Å². The number of nitrogen functional groups attached to an aromatic ring is 1. The molecule has 0 saturated carbocycles. The average molecular weight is 456 g/mol. The Labute approximate surface area is 192 Å². The van der Waals surface area contributed by atoms with Gasteiger partial charge in [0.1, 0.15) is 17.3 Å². The van der Waals surface area contributed by atoms with Gasteiger partial charge in [-0.1, -0.05) is 0 Å². The summed E-state index contributed by atoms with van der Waals surface area (Å²) >= 11 is 0. The number of anilines is 1. The second-order valence-corrected chi connectivity index (χ2v) is 9.59. The summed E-state index contributed by atoms with van der Waals surface area (Å²) in [5.74, 6) is 0. The molecule has 3 heterocycles. The van der Waals surface area contributed by atoms with Gasteiger partial charge in [-0.25, -0.2) is 9.48 Å². The molecule has 0 bridgehead atoms. The maximum atomic E-state index is 13.6. The highest BCUT2D eigenvalue weighted by molar-refractivity contribution is 6.05. The van der Waals surface area contributed by atoms with Gasteiger partial charge in [0.25, 0.3) is 5.56 Å². The van der Waals surface area contributed by atoms with E-state index in [-0.39, 0.29) is 11.8 Å². The van der Waals surface area contributed by atoms with Gasteiger partial charge in [-0.2, -0.15) is 5.10 Å². The van der Waals surface area contributed by atoms with Crippen LogP contribution in [0.4, 0.5) is 10.5 Å². The fourth-order valence-electron chi connectivity index (χ4n) is 4.35. The summed E-state index contributed by atoms with van der Waals surface area (Å²) in [6.07, 6.45) is 2.94. The van der Waals surface area contributed by atoms with Crippen LogP contribution in [0.1, 0.15) is 58.4 Å². The van der Waals surface area contributed by atoms with E-state index in [4.69, 9.17) is 20.3 Å². The van der Waals surface area contributed by atoms with Crippen molar-refractivity contribution in [1.82, 2.24) is 19.7 Å². The number of aryl methyl sites for hydroxylation is 2. The monoisotopic (exact) mass is 455 g/mol. The molecule has 33 heavy (non-hydrogen) atoms. The molecule has 1 amide bonds. The van der Waals surface area contributed by atoms with Gasteiger partial charge in [0, 0.05) is 30.8 Å². The molecule has 1 unspecified atom stereocenters. The van der Waals surface area contributed by atoms with Gasteiger partial charge < -0.3 is 25.1 Å². The molecule has 1 saturated heterocycles. The highest BCUT2D eigenvalue weighted by Crippen LogP contribution is 2.30. The van der Waals surface area contributed by atoms with Gasteiger partial charge in [-0.3, -0.25) is 4.79 Å². The van der Waals surface area contributed by atoms with Crippen molar-refractivity contribution in [2.24, 2.45) is 0 Å². The number of hydrogen-bond donors (Lipinski definition) is 2. The topological polar surface area (TPSA) is 113 Å². The average Bonchev–Trinajstić information content (AvgIpc) is 3.10. The lowest BCUT2D eigenvalue weighted by Gasteiger charge is -2.23. The highest BCUT2D eigenvalue weighted by atomic mass is 16.6. The summed E-state index contributed by atoms with van der Waals surface area (Å²) in [6, 6.07) is 5.51. The maximum absolute atomic E-state index is 13.6. The number of amides is 1. The van der Waals surface area contributed by atoms with Crippen LogP contribution in [-0.2, 0) is 16.0 Å². The third-order valence-electron chi connectivity index (χ3n) is 5.83. The molecule has 178 valence electrons. The molecule has 0 spiro atoms. The van der Waals surface area contributed by atoms with Crippen molar-refractivity contribution in [1.29, 1.82) is 0 Å². The van der Waals surface area contributed by atoms with Gasteiger partial charge in [0.2, 0.25) is 0 Å². The van der Waals surface area contributed by atoms with Gasteiger partial charge in [-0.15, -0.1) is 0 Å². The second kappa shape index (κ2) is 9.05. The molecule has 1 fully saturated rings. The zero-order valence-corrected chi connectivity index (χ0v) is 19.8. The fraction of sp³-hybridized carbons (Fsp3) is 0.542. The number of pyridine rings is 1. The van der Waals surface area contributed by atoms with Gasteiger partial charge in [0.05, 0.1) is 16.6 Å². The van der Waals surface area contributed by atoms with E-state index in [2.05, 4.69) is 5.32 Å². The first-order valence-electron chi connectivity index (χ1n) is 11.5. The van der Waals surface area contributed by atoms with Crippen LogP contribution in [0, 0.1) is 6.92 Å². The summed E-state index contributed by atoms with van der Waals surface area (Å²) in [4.78, 5) is 25.5. The summed E-state index contributed by atoms with van der Waals surface area (Å²) < 4.78 is 14.8. The number of fused-ring (bicyclic) bond motifs is 3. The predicted octanol–water partition coefficient (Wildman–Crippen LogP) is 3.86. The molecule has 0 aliphatic carbocycles. The zero-order chi connectivity index (χ0) is 23.8. The molecular formula is C24H33N5O4. The minimum atomic E-state index is -0.554. The number of nitrogens with zero attached hydrogens (tertiary/aromatic N) is 3. The van der Waals surface area contributed by atoms with Crippen LogP contribution in [0.15, 0.2) is 23.0 Å². The van der Waals surface area contributed by atoms with Crippen molar-refractivity contribution < 1.29 is 14.3 Å². The fourth-order valence-corrected chi connectivity index (χ4v) is 4.35. The minimum Gasteiger partial charge on any atom is -0.444 e. The Morgan fingerprint density at radius 1 is 1.33 bits per heavy atom. The number of rotatable bonds is 5.